The molecule has 24 heavy (non-hydrogen) atoms. The van der Waals surface area contributed by atoms with Gasteiger partial charge in [-0.05, 0) is 61.8 Å². The summed E-state index contributed by atoms with van der Waals surface area (Å²) in [4.78, 5) is 11.7. The van der Waals surface area contributed by atoms with Gasteiger partial charge >= 0.3 is 0 Å². The highest BCUT2D eigenvalue weighted by Gasteiger charge is 2.27. The predicted molar refractivity (Wildman–Crippen MR) is 94.9 cm³/mol. The zero-order valence-electron chi connectivity index (χ0n) is 14.0. The maximum Gasteiger partial charge on any atom is 0.242 e. The molecule has 1 unspecified atom stereocenters. The van der Waals surface area contributed by atoms with E-state index in [0.717, 1.165) is 12.3 Å². The van der Waals surface area contributed by atoms with Crippen LogP contribution < -0.4 is 10.0 Å². The highest BCUT2D eigenvalue weighted by atomic mass is 79.9. The SMILES string of the molecule is CC(NS(=O)(=O)c1cc(S(C)(=O)=O)ccc1Br)C(=O)NC(C)(C)C. The fourth-order valence-corrected chi connectivity index (χ4v) is 4.66. The minimum absolute atomic E-state index is 0.127. The van der Waals surface area contributed by atoms with Gasteiger partial charge in [0, 0.05) is 16.3 Å². The zero-order chi connectivity index (χ0) is 18.9. The highest BCUT2D eigenvalue weighted by Crippen LogP contribution is 2.25. The van der Waals surface area contributed by atoms with Crippen molar-refractivity contribution in [2.75, 3.05) is 6.26 Å². The largest absolute Gasteiger partial charge is 0.350 e. The van der Waals surface area contributed by atoms with Gasteiger partial charge < -0.3 is 5.32 Å². The van der Waals surface area contributed by atoms with Crippen LogP contribution in [0.1, 0.15) is 27.7 Å². The van der Waals surface area contributed by atoms with E-state index in [1.165, 1.54) is 19.1 Å². The van der Waals surface area contributed by atoms with E-state index in [-0.39, 0.29) is 14.3 Å². The van der Waals surface area contributed by atoms with E-state index < -0.39 is 37.3 Å². The van der Waals surface area contributed by atoms with E-state index in [4.69, 9.17) is 0 Å². The molecule has 0 saturated carbocycles. The smallest absolute Gasteiger partial charge is 0.242 e. The van der Waals surface area contributed by atoms with Crippen molar-refractivity contribution in [1.29, 1.82) is 0 Å². The molecule has 1 rings (SSSR count). The van der Waals surface area contributed by atoms with Crippen LogP contribution in [0.25, 0.3) is 0 Å². The monoisotopic (exact) mass is 440 g/mol. The lowest BCUT2D eigenvalue weighted by atomic mass is 10.1. The molecule has 1 atom stereocenters. The third kappa shape index (κ3) is 5.83. The Bertz CT molecular complexity index is 842. The zero-order valence-corrected chi connectivity index (χ0v) is 17.3. The number of carbonyl (C=O) groups excluding carboxylic acids is 1. The van der Waals surface area contributed by atoms with Crippen molar-refractivity contribution in [1.82, 2.24) is 10.0 Å². The number of hydrogen-bond donors (Lipinski definition) is 2. The second-order valence-corrected chi connectivity index (χ2v) is 11.0. The molecule has 0 heterocycles. The van der Waals surface area contributed by atoms with Crippen LogP contribution in [0.3, 0.4) is 0 Å². The lowest BCUT2D eigenvalue weighted by Gasteiger charge is -2.23. The number of benzene rings is 1. The van der Waals surface area contributed by atoms with Crippen LogP contribution >= 0.6 is 15.9 Å². The molecule has 10 heteroatoms. The number of carbonyl (C=O) groups is 1. The van der Waals surface area contributed by atoms with Crippen molar-refractivity contribution >= 4 is 41.7 Å². The van der Waals surface area contributed by atoms with Crippen LogP contribution in [0.2, 0.25) is 0 Å². The van der Waals surface area contributed by atoms with Gasteiger partial charge in [0.15, 0.2) is 9.84 Å². The van der Waals surface area contributed by atoms with E-state index >= 15 is 0 Å². The van der Waals surface area contributed by atoms with Gasteiger partial charge in [-0.3, -0.25) is 4.79 Å². The summed E-state index contributed by atoms with van der Waals surface area (Å²) in [6.45, 7) is 6.74. The predicted octanol–water partition coefficient (Wildman–Crippen LogP) is 1.43. The first kappa shape index (κ1) is 21.1. The second-order valence-electron chi connectivity index (χ2n) is 6.45. The van der Waals surface area contributed by atoms with Crippen molar-refractivity contribution in [3.63, 3.8) is 0 Å². The number of sulfonamides is 1. The molecule has 1 amide bonds. The first-order valence-corrected chi connectivity index (χ1v) is 11.1. The summed E-state index contributed by atoms with van der Waals surface area (Å²) in [6.07, 6.45) is 0.986. The molecule has 0 aromatic heterocycles. The van der Waals surface area contributed by atoms with Gasteiger partial charge in [0.25, 0.3) is 0 Å². The summed E-state index contributed by atoms with van der Waals surface area (Å²) in [6, 6.07) is 2.66. The van der Waals surface area contributed by atoms with Gasteiger partial charge in [-0.2, -0.15) is 4.72 Å². The average Bonchev–Trinajstić information content (AvgIpc) is 2.34. The summed E-state index contributed by atoms with van der Waals surface area (Å²) in [7, 11) is -7.66. The Labute approximate surface area is 151 Å². The van der Waals surface area contributed by atoms with Crippen LogP contribution in [0.4, 0.5) is 0 Å². The van der Waals surface area contributed by atoms with E-state index in [1.807, 2.05) is 0 Å². The fourth-order valence-electron chi connectivity index (χ4n) is 1.75. The summed E-state index contributed by atoms with van der Waals surface area (Å²) in [5, 5.41) is 2.67. The van der Waals surface area contributed by atoms with Crippen LogP contribution in [-0.2, 0) is 24.7 Å². The minimum Gasteiger partial charge on any atom is -0.350 e. The van der Waals surface area contributed by atoms with Crippen molar-refractivity contribution in [2.45, 2.75) is 49.1 Å². The van der Waals surface area contributed by atoms with Crippen molar-refractivity contribution < 1.29 is 21.6 Å². The van der Waals surface area contributed by atoms with E-state index in [9.17, 15) is 21.6 Å². The highest BCUT2D eigenvalue weighted by molar-refractivity contribution is 9.10. The van der Waals surface area contributed by atoms with E-state index in [2.05, 4.69) is 26.0 Å². The van der Waals surface area contributed by atoms with Gasteiger partial charge in [0.05, 0.1) is 15.8 Å². The summed E-state index contributed by atoms with van der Waals surface area (Å²) in [5.41, 5.74) is -0.506. The van der Waals surface area contributed by atoms with E-state index in [0.29, 0.717) is 0 Å². The number of nitrogens with one attached hydrogen (secondary N) is 2. The Hall–Kier alpha value is -0.970. The molecule has 1 aromatic rings. The van der Waals surface area contributed by atoms with Gasteiger partial charge in [-0.15, -0.1) is 0 Å². The third-order valence-corrected chi connectivity index (χ3v) is 6.49. The number of sulfone groups is 1. The number of halogens is 1. The van der Waals surface area contributed by atoms with Gasteiger partial charge in [-0.1, -0.05) is 0 Å². The molecular weight excluding hydrogens is 420 g/mol. The number of amides is 1. The van der Waals surface area contributed by atoms with Gasteiger partial charge in [0.2, 0.25) is 15.9 Å². The van der Waals surface area contributed by atoms with E-state index in [1.54, 1.807) is 20.8 Å². The molecule has 0 aliphatic heterocycles. The van der Waals surface area contributed by atoms with Crippen LogP contribution in [0, 0.1) is 0 Å². The van der Waals surface area contributed by atoms with Crippen molar-refractivity contribution in [3.8, 4) is 0 Å². The Morgan fingerprint density at radius 2 is 1.71 bits per heavy atom. The Morgan fingerprint density at radius 1 is 1.17 bits per heavy atom. The molecule has 136 valence electrons. The topological polar surface area (TPSA) is 109 Å². The quantitative estimate of drug-likeness (QED) is 0.719. The summed E-state index contributed by atoms with van der Waals surface area (Å²) in [5.74, 6) is -0.485. The molecule has 0 fully saturated rings. The molecule has 0 saturated heterocycles. The maximum absolute atomic E-state index is 12.5. The van der Waals surface area contributed by atoms with Crippen molar-refractivity contribution in [2.24, 2.45) is 0 Å². The molecular formula is C14H21BrN2O5S2. The Morgan fingerprint density at radius 3 is 2.17 bits per heavy atom. The first-order chi connectivity index (χ1) is 10.6. The lowest BCUT2D eigenvalue weighted by molar-refractivity contribution is -0.123. The maximum atomic E-state index is 12.5. The Kier molecular flexibility index (Phi) is 6.24. The number of rotatable bonds is 5. The fraction of sp³-hybridized carbons (Fsp3) is 0.500. The minimum atomic E-state index is -4.10. The van der Waals surface area contributed by atoms with Crippen molar-refractivity contribution in [3.05, 3.63) is 22.7 Å². The molecule has 0 spiro atoms. The summed E-state index contributed by atoms with van der Waals surface area (Å²) >= 11 is 3.09. The van der Waals surface area contributed by atoms with Gasteiger partial charge in [0.1, 0.15) is 0 Å². The standard InChI is InChI=1S/C14H21BrN2O5S2/c1-9(13(18)16-14(2,3)4)17-24(21,22)12-8-10(23(5,19)20)6-7-11(12)15/h6-9,17H,1-5H3,(H,16,18). The Balaban J connectivity index is 3.15. The first-order valence-electron chi connectivity index (χ1n) is 6.97. The van der Waals surface area contributed by atoms with Crippen LogP contribution in [-0.4, -0.2) is 40.6 Å². The number of hydrogen-bond acceptors (Lipinski definition) is 5. The molecule has 0 aliphatic rings. The van der Waals surface area contributed by atoms with Crippen LogP contribution in [0.15, 0.2) is 32.5 Å². The molecule has 7 nitrogen and oxygen atoms in total. The average molecular weight is 441 g/mol. The normalized spacial score (nSPS) is 14.2. The molecule has 2 N–H and O–H groups in total. The lowest BCUT2D eigenvalue weighted by Crippen LogP contribution is -2.50. The van der Waals surface area contributed by atoms with Crippen LogP contribution in [0.5, 0.6) is 0 Å². The molecule has 0 bridgehead atoms. The van der Waals surface area contributed by atoms with Gasteiger partial charge in [-0.25, -0.2) is 16.8 Å². The second kappa shape index (κ2) is 7.11. The molecule has 1 aromatic carbocycles. The molecule has 0 radical (unpaired) electrons. The summed E-state index contributed by atoms with van der Waals surface area (Å²) < 4.78 is 50.7. The molecule has 0 aliphatic carbocycles. The third-order valence-electron chi connectivity index (χ3n) is 2.84.